The highest BCUT2D eigenvalue weighted by Gasteiger charge is 2.33. The lowest BCUT2D eigenvalue weighted by atomic mass is 10.2. The molecular formula is C22H19N3O6S4. The van der Waals surface area contributed by atoms with Crippen LogP contribution >= 0.6 is 47.1 Å². The first-order valence-corrected chi connectivity index (χ1v) is 13.3. The van der Waals surface area contributed by atoms with Crippen LogP contribution < -0.4 is 19.7 Å². The average Bonchev–Trinajstić information content (AvgIpc) is 3.41. The molecule has 0 saturated carbocycles. The van der Waals surface area contributed by atoms with E-state index in [4.69, 9.17) is 12.2 Å². The molecule has 182 valence electrons. The van der Waals surface area contributed by atoms with Crippen molar-refractivity contribution in [3.8, 4) is 0 Å². The number of hydrogen-bond donors (Lipinski definition) is 2. The Morgan fingerprint density at radius 1 is 1.06 bits per heavy atom. The van der Waals surface area contributed by atoms with Crippen molar-refractivity contribution >= 4 is 85.9 Å². The fraction of sp³-hybridized carbons (Fsp3) is 0.227. The maximum Gasteiger partial charge on any atom is 0.335 e. The van der Waals surface area contributed by atoms with Gasteiger partial charge in [0.15, 0.2) is 0 Å². The van der Waals surface area contributed by atoms with Gasteiger partial charge in [-0.1, -0.05) is 35.7 Å². The van der Waals surface area contributed by atoms with E-state index in [0.717, 1.165) is 0 Å². The van der Waals surface area contributed by atoms with Gasteiger partial charge in [0.05, 0.1) is 20.8 Å². The average molecular weight is 550 g/mol. The van der Waals surface area contributed by atoms with E-state index >= 15 is 0 Å². The standard InChI is InChI=1S/C22H19N3O6S4/c1-3-23-18(28)14(34-20(23)17-19(29)24(4-2)22(32)35-17)7-8-15-25(10-16(26)27)12-9-11(21(30)31)5-6-13(12)33-15/h5-9H,3-4,10H2,1-2H3,(H,26,27)(H,30,31)/b14-7?,15-8?,20-17-. The van der Waals surface area contributed by atoms with Crippen LogP contribution in [0.25, 0.3) is 11.0 Å². The summed E-state index contributed by atoms with van der Waals surface area (Å²) < 4.78 is 2.90. The molecule has 13 heteroatoms. The van der Waals surface area contributed by atoms with Gasteiger partial charge in [-0.3, -0.25) is 23.9 Å². The van der Waals surface area contributed by atoms with E-state index in [9.17, 15) is 29.4 Å². The molecule has 3 heterocycles. The molecule has 2 aromatic rings. The zero-order valence-corrected chi connectivity index (χ0v) is 21.8. The number of amides is 1. The van der Waals surface area contributed by atoms with Crippen LogP contribution in [0.4, 0.5) is 5.69 Å². The third-order valence-corrected chi connectivity index (χ3v) is 9.08. The number of thioether (sulfide) groups is 2. The summed E-state index contributed by atoms with van der Waals surface area (Å²) >= 11 is 8.94. The number of fused-ring (bicyclic) bond motifs is 1. The number of carboxylic acids is 2. The molecule has 0 aliphatic carbocycles. The van der Waals surface area contributed by atoms with E-state index in [1.165, 1.54) is 61.4 Å². The highest BCUT2D eigenvalue weighted by molar-refractivity contribution is 8.30. The van der Waals surface area contributed by atoms with Crippen molar-refractivity contribution in [3.63, 3.8) is 0 Å². The molecule has 2 aliphatic rings. The van der Waals surface area contributed by atoms with Crippen molar-refractivity contribution in [3.05, 3.63) is 54.4 Å². The number of aromatic carboxylic acids is 1. The van der Waals surface area contributed by atoms with E-state index in [1.807, 2.05) is 13.8 Å². The largest absolute Gasteiger partial charge is 0.480 e. The summed E-state index contributed by atoms with van der Waals surface area (Å²) in [6.07, 6.45) is 3.24. The van der Waals surface area contributed by atoms with Crippen LogP contribution in [-0.4, -0.2) is 54.9 Å². The number of benzene rings is 1. The number of aliphatic carboxylic acids is 1. The first-order chi connectivity index (χ1) is 16.7. The van der Waals surface area contributed by atoms with Gasteiger partial charge in [-0.05, 0) is 44.2 Å². The number of hydrogen-bond acceptors (Lipinski definition) is 9. The summed E-state index contributed by atoms with van der Waals surface area (Å²) in [5.41, 5.74) is 0.268. The zero-order valence-electron chi connectivity index (χ0n) is 18.5. The quantitative estimate of drug-likeness (QED) is 0.517. The molecule has 2 N–H and O–H groups in total. The van der Waals surface area contributed by atoms with E-state index in [-0.39, 0.29) is 23.6 Å². The molecule has 4 rings (SSSR count). The lowest BCUT2D eigenvalue weighted by Crippen LogP contribution is -2.33. The molecule has 0 spiro atoms. The summed E-state index contributed by atoms with van der Waals surface area (Å²) in [4.78, 5) is 52.9. The molecule has 0 atom stereocenters. The van der Waals surface area contributed by atoms with Gasteiger partial charge in [0.1, 0.15) is 20.4 Å². The van der Waals surface area contributed by atoms with Gasteiger partial charge in [-0.25, -0.2) is 4.79 Å². The fourth-order valence-corrected chi connectivity index (χ4v) is 7.28. The van der Waals surface area contributed by atoms with Gasteiger partial charge in [0.25, 0.3) is 11.5 Å². The van der Waals surface area contributed by atoms with E-state index in [2.05, 4.69) is 0 Å². The molecule has 0 unspecified atom stereocenters. The Morgan fingerprint density at radius 3 is 2.40 bits per heavy atom. The molecule has 2 aliphatic heterocycles. The van der Waals surface area contributed by atoms with E-state index in [0.29, 0.717) is 47.1 Å². The molecule has 1 aromatic heterocycles. The van der Waals surface area contributed by atoms with Crippen molar-refractivity contribution in [1.82, 2.24) is 9.47 Å². The second-order valence-electron chi connectivity index (χ2n) is 7.31. The summed E-state index contributed by atoms with van der Waals surface area (Å²) in [7, 11) is 0. The van der Waals surface area contributed by atoms with Gasteiger partial charge < -0.3 is 15.1 Å². The number of allylic oxidation sites excluding steroid dienone is 1. The van der Waals surface area contributed by atoms with Crippen molar-refractivity contribution in [2.45, 2.75) is 25.3 Å². The normalized spacial score (nSPS) is 18.7. The number of rotatable bonds is 6. The Hall–Kier alpha value is -2.87. The van der Waals surface area contributed by atoms with Crippen LogP contribution in [0.5, 0.6) is 0 Å². The van der Waals surface area contributed by atoms with E-state index in [1.54, 1.807) is 18.2 Å². The lowest BCUT2D eigenvalue weighted by molar-refractivity contribution is -0.135. The van der Waals surface area contributed by atoms with Crippen LogP contribution in [-0.2, 0) is 16.1 Å². The second kappa shape index (κ2) is 10.0. The Balaban J connectivity index is 1.82. The summed E-state index contributed by atoms with van der Waals surface area (Å²) in [5.74, 6) is -2.41. The highest BCUT2D eigenvalue weighted by Crippen LogP contribution is 2.46. The van der Waals surface area contributed by atoms with Gasteiger partial charge in [-0.2, -0.15) is 0 Å². The minimum absolute atomic E-state index is 0.0495. The van der Waals surface area contributed by atoms with Crippen LogP contribution in [0.15, 0.2) is 39.0 Å². The van der Waals surface area contributed by atoms with Crippen LogP contribution in [0.1, 0.15) is 24.2 Å². The third-order valence-electron chi connectivity index (χ3n) is 5.23. The van der Waals surface area contributed by atoms with Gasteiger partial charge in [-0.15, -0.1) is 11.3 Å². The van der Waals surface area contributed by atoms with Crippen LogP contribution in [0.2, 0.25) is 0 Å². The number of thiazole rings is 1. The van der Waals surface area contributed by atoms with Crippen molar-refractivity contribution in [2.75, 3.05) is 18.0 Å². The Morgan fingerprint density at radius 2 is 1.80 bits per heavy atom. The summed E-state index contributed by atoms with van der Waals surface area (Å²) in [6, 6.07) is 4.53. The number of carbonyl (C=O) groups excluding carboxylic acids is 1. The Bertz CT molecular complexity index is 1490. The number of anilines is 1. The van der Waals surface area contributed by atoms with E-state index < -0.39 is 11.9 Å². The number of nitrogens with zero attached hydrogens (tertiary/aromatic N) is 3. The molecule has 35 heavy (non-hydrogen) atoms. The van der Waals surface area contributed by atoms with Crippen LogP contribution in [0.3, 0.4) is 0 Å². The molecular weight excluding hydrogens is 531 g/mol. The predicted octanol–water partition coefficient (Wildman–Crippen LogP) is 1.94. The zero-order chi connectivity index (χ0) is 25.4. The minimum atomic E-state index is -1.11. The second-order valence-corrected chi connectivity index (χ2v) is 11.0. The maximum atomic E-state index is 13.1. The highest BCUT2D eigenvalue weighted by atomic mass is 32.2. The predicted molar refractivity (Wildman–Crippen MR) is 141 cm³/mol. The van der Waals surface area contributed by atoms with Crippen molar-refractivity contribution in [1.29, 1.82) is 0 Å². The topological polar surface area (TPSA) is 120 Å². The van der Waals surface area contributed by atoms with Gasteiger partial charge in [0.2, 0.25) is 0 Å². The van der Waals surface area contributed by atoms with Crippen molar-refractivity contribution < 1.29 is 24.6 Å². The molecule has 1 aromatic carbocycles. The summed E-state index contributed by atoms with van der Waals surface area (Å²) in [5, 5.41) is 19.2. The fourth-order valence-electron chi connectivity index (χ4n) is 3.59. The maximum absolute atomic E-state index is 13.1. The van der Waals surface area contributed by atoms with Gasteiger partial charge >= 0.3 is 11.9 Å². The smallest absolute Gasteiger partial charge is 0.335 e. The number of carboxylic acid groups (broad SMARTS) is 2. The number of carbonyl (C=O) groups is 3. The van der Waals surface area contributed by atoms with Gasteiger partial charge in [0, 0.05) is 18.0 Å². The molecule has 0 bridgehead atoms. The number of thiocarbonyl (C=S) groups is 1. The van der Waals surface area contributed by atoms with Crippen LogP contribution in [0, 0.1) is 0 Å². The summed E-state index contributed by atoms with van der Waals surface area (Å²) in [6.45, 7) is 4.10. The first kappa shape index (κ1) is 25.2. The SMILES string of the molecule is CCN1C(=O)/C(=c2/sc(=CC=C3Sc4ccc(C(=O)O)cc4N3CC(=O)O)c(=O)n2CC)SC1=S. The molecule has 0 radical (unpaired) electrons. The molecule has 9 nitrogen and oxygen atoms in total. The monoisotopic (exact) mass is 549 g/mol. The molecule has 1 amide bonds. The third kappa shape index (κ3) is 4.68. The van der Waals surface area contributed by atoms with Crippen molar-refractivity contribution in [2.24, 2.45) is 0 Å². The Labute approximate surface area is 217 Å². The minimum Gasteiger partial charge on any atom is -0.480 e. The number of aromatic nitrogens is 1. The lowest BCUT2D eigenvalue weighted by Gasteiger charge is -2.17. The Kier molecular flexibility index (Phi) is 7.22. The first-order valence-electron chi connectivity index (χ1n) is 10.4. The molecule has 1 saturated heterocycles. The molecule has 1 fully saturated rings.